The van der Waals surface area contributed by atoms with Crippen molar-refractivity contribution in [1.29, 1.82) is 0 Å². The molecule has 0 unspecified atom stereocenters. The van der Waals surface area contributed by atoms with Crippen LogP contribution >= 0.6 is 0 Å². The Morgan fingerprint density at radius 3 is 2.19 bits per heavy atom. The van der Waals surface area contributed by atoms with Gasteiger partial charge in [0.25, 0.3) is 0 Å². The first-order chi connectivity index (χ1) is 20.4. The standard InChI is InChI=1S/C40H35NO/c1-6-28(25-26(2)3)41(36-19-12-18-35-38(36)33-14-7-9-17-34(33)40(35,4)5)29-23-21-27(22-24-29)30-15-11-16-32-31-13-8-10-20-37(31)42-39(30)32/h6-26H,1H2,2-5H3/b28-25+. The predicted molar refractivity (Wildman–Crippen MR) is 178 cm³/mol. The zero-order valence-electron chi connectivity index (χ0n) is 24.7. The normalized spacial score (nSPS) is 13.9. The van der Waals surface area contributed by atoms with Crippen LogP contribution in [-0.2, 0) is 5.41 Å². The molecule has 1 aliphatic carbocycles. The number of nitrogens with zero attached hydrogens (tertiary/aromatic N) is 1. The molecule has 206 valence electrons. The highest BCUT2D eigenvalue weighted by atomic mass is 16.3. The van der Waals surface area contributed by atoms with Crippen molar-refractivity contribution in [2.24, 2.45) is 5.92 Å². The van der Waals surface area contributed by atoms with Gasteiger partial charge in [-0.3, -0.25) is 0 Å². The maximum atomic E-state index is 6.35. The summed E-state index contributed by atoms with van der Waals surface area (Å²) < 4.78 is 6.35. The van der Waals surface area contributed by atoms with Crippen LogP contribution in [0.5, 0.6) is 0 Å². The van der Waals surface area contributed by atoms with Crippen LogP contribution in [0.1, 0.15) is 38.8 Å². The summed E-state index contributed by atoms with van der Waals surface area (Å²) in [5, 5.41) is 2.29. The van der Waals surface area contributed by atoms with E-state index < -0.39 is 0 Å². The van der Waals surface area contributed by atoms with Gasteiger partial charge >= 0.3 is 0 Å². The second-order valence-corrected chi connectivity index (χ2v) is 12.1. The second kappa shape index (κ2) is 9.92. The average Bonchev–Trinajstić information content (AvgIpc) is 3.50. The van der Waals surface area contributed by atoms with Gasteiger partial charge in [0.2, 0.25) is 0 Å². The summed E-state index contributed by atoms with van der Waals surface area (Å²) in [5.74, 6) is 0.367. The van der Waals surface area contributed by atoms with Crippen molar-refractivity contribution in [3.8, 4) is 22.3 Å². The van der Waals surface area contributed by atoms with Crippen LogP contribution in [0, 0.1) is 5.92 Å². The summed E-state index contributed by atoms with van der Waals surface area (Å²) in [6.45, 7) is 13.3. The third kappa shape index (κ3) is 4.01. The number of fused-ring (bicyclic) bond motifs is 6. The Kier molecular flexibility index (Phi) is 6.17. The lowest BCUT2D eigenvalue weighted by Crippen LogP contribution is -2.18. The third-order valence-electron chi connectivity index (χ3n) is 8.64. The molecule has 2 nitrogen and oxygen atoms in total. The van der Waals surface area contributed by atoms with Gasteiger partial charge in [0.05, 0.1) is 5.69 Å². The summed E-state index contributed by atoms with van der Waals surface area (Å²) >= 11 is 0. The number of anilines is 2. The number of hydrogen-bond donors (Lipinski definition) is 0. The highest BCUT2D eigenvalue weighted by Gasteiger charge is 2.37. The first kappa shape index (κ1) is 26.1. The minimum absolute atomic E-state index is 0.0706. The van der Waals surface area contributed by atoms with E-state index in [9.17, 15) is 0 Å². The van der Waals surface area contributed by atoms with Gasteiger partial charge in [-0.2, -0.15) is 0 Å². The van der Waals surface area contributed by atoms with E-state index in [1.807, 2.05) is 18.2 Å². The fraction of sp³-hybridized carbons (Fsp3) is 0.150. The molecule has 2 heteroatoms. The molecule has 7 rings (SSSR count). The van der Waals surface area contributed by atoms with Crippen molar-refractivity contribution in [3.05, 3.63) is 145 Å². The van der Waals surface area contributed by atoms with Gasteiger partial charge in [0, 0.05) is 38.7 Å². The molecular weight excluding hydrogens is 510 g/mol. The van der Waals surface area contributed by atoms with Crippen molar-refractivity contribution in [1.82, 2.24) is 0 Å². The molecule has 0 saturated carbocycles. The minimum atomic E-state index is -0.0706. The Balaban J connectivity index is 1.40. The number of benzene rings is 5. The minimum Gasteiger partial charge on any atom is -0.455 e. The van der Waals surface area contributed by atoms with Gasteiger partial charge in [0.15, 0.2) is 0 Å². The Morgan fingerprint density at radius 1 is 0.738 bits per heavy atom. The molecule has 0 saturated heterocycles. The molecular formula is C40H35NO. The van der Waals surface area contributed by atoms with E-state index in [-0.39, 0.29) is 5.41 Å². The smallest absolute Gasteiger partial charge is 0.143 e. The number of allylic oxidation sites excluding steroid dienone is 2. The molecule has 0 N–H and O–H groups in total. The summed E-state index contributed by atoms with van der Waals surface area (Å²) in [4.78, 5) is 2.37. The van der Waals surface area contributed by atoms with E-state index in [4.69, 9.17) is 4.42 Å². The third-order valence-corrected chi connectivity index (χ3v) is 8.64. The number of para-hydroxylation sites is 2. The summed E-state index contributed by atoms with van der Waals surface area (Å²) in [6.07, 6.45) is 4.27. The van der Waals surface area contributed by atoms with Crippen LogP contribution in [0.25, 0.3) is 44.2 Å². The molecule has 0 bridgehead atoms. The molecule has 0 radical (unpaired) electrons. The predicted octanol–water partition coefficient (Wildman–Crippen LogP) is 11.4. The number of furan rings is 1. The van der Waals surface area contributed by atoms with Crippen LogP contribution in [-0.4, -0.2) is 0 Å². The lowest BCUT2D eigenvalue weighted by atomic mass is 9.82. The van der Waals surface area contributed by atoms with Gasteiger partial charge < -0.3 is 9.32 Å². The van der Waals surface area contributed by atoms with E-state index >= 15 is 0 Å². The molecule has 1 aliphatic rings. The van der Waals surface area contributed by atoms with Crippen molar-refractivity contribution < 1.29 is 4.42 Å². The average molecular weight is 546 g/mol. The quantitative estimate of drug-likeness (QED) is 0.194. The largest absolute Gasteiger partial charge is 0.455 e. The lowest BCUT2D eigenvalue weighted by molar-refractivity contribution is 0.660. The van der Waals surface area contributed by atoms with E-state index in [0.717, 1.165) is 44.4 Å². The molecule has 0 amide bonds. The Bertz CT molecular complexity index is 2000. The van der Waals surface area contributed by atoms with E-state index in [2.05, 4.69) is 142 Å². The zero-order chi connectivity index (χ0) is 29.0. The van der Waals surface area contributed by atoms with Crippen LogP contribution < -0.4 is 4.90 Å². The molecule has 1 heterocycles. The van der Waals surface area contributed by atoms with E-state index in [1.54, 1.807) is 0 Å². The summed E-state index contributed by atoms with van der Waals surface area (Å²) in [7, 11) is 0. The van der Waals surface area contributed by atoms with Crippen molar-refractivity contribution in [3.63, 3.8) is 0 Å². The topological polar surface area (TPSA) is 16.4 Å². The second-order valence-electron chi connectivity index (χ2n) is 12.1. The van der Waals surface area contributed by atoms with Crippen molar-refractivity contribution >= 4 is 33.3 Å². The maximum absolute atomic E-state index is 6.35. The first-order valence-corrected chi connectivity index (χ1v) is 14.8. The summed E-state index contributed by atoms with van der Waals surface area (Å²) in [6, 6.07) is 39.1. The highest BCUT2D eigenvalue weighted by molar-refractivity contribution is 6.09. The maximum Gasteiger partial charge on any atom is 0.143 e. The van der Waals surface area contributed by atoms with Crippen LogP contribution in [0.15, 0.2) is 138 Å². The highest BCUT2D eigenvalue weighted by Crippen LogP contribution is 2.53. The molecule has 6 aromatic rings. The molecule has 42 heavy (non-hydrogen) atoms. The molecule has 0 spiro atoms. The Labute approximate surface area is 248 Å². The molecule has 0 fully saturated rings. The van der Waals surface area contributed by atoms with E-state index in [1.165, 1.54) is 27.9 Å². The van der Waals surface area contributed by atoms with Crippen molar-refractivity contribution in [2.45, 2.75) is 33.1 Å². The lowest BCUT2D eigenvalue weighted by Gasteiger charge is -2.30. The van der Waals surface area contributed by atoms with E-state index in [0.29, 0.717) is 5.92 Å². The van der Waals surface area contributed by atoms with Crippen LogP contribution in [0.4, 0.5) is 11.4 Å². The fourth-order valence-electron chi connectivity index (χ4n) is 6.69. The summed E-state index contributed by atoms with van der Waals surface area (Å²) in [5.41, 5.74) is 12.7. The Morgan fingerprint density at radius 2 is 1.40 bits per heavy atom. The molecule has 0 aliphatic heterocycles. The van der Waals surface area contributed by atoms with Crippen LogP contribution in [0.2, 0.25) is 0 Å². The fourth-order valence-corrected chi connectivity index (χ4v) is 6.69. The Hall–Kier alpha value is -4.82. The SMILES string of the molecule is C=C/C(=C\C(C)C)N(c1ccc(-c2cccc3c2oc2ccccc23)cc1)c1cccc2c1-c1ccccc1C2(C)C. The van der Waals surface area contributed by atoms with Crippen molar-refractivity contribution in [2.75, 3.05) is 4.90 Å². The molecule has 0 atom stereocenters. The monoisotopic (exact) mass is 545 g/mol. The number of rotatable bonds is 6. The van der Waals surface area contributed by atoms with Gasteiger partial charge in [-0.1, -0.05) is 125 Å². The van der Waals surface area contributed by atoms with Crippen LogP contribution in [0.3, 0.4) is 0 Å². The molecule has 1 aromatic heterocycles. The first-order valence-electron chi connectivity index (χ1n) is 14.8. The van der Waals surface area contributed by atoms with Gasteiger partial charge in [0.1, 0.15) is 11.2 Å². The molecule has 5 aromatic carbocycles. The number of hydrogen-bond acceptors (Lipinski definition) is 2. The van der Waals surface area contributed by atoms with Gasteiger partial charge in [-0.25, -0.2) is 0 Å². The van der Waals surface area contributed by atoms with Gasteiger partial charge in [-0.15, -0.1) is 0 Å². The van der Waals surface area contributed by atoms with Gasteiger partial charge in [-0.05, 0) is 58.5 Å². The zero-order valence-corrected chi connectivity index (χ0v) is 24.7.